The molecule has 0 fully saturated rings. The molecule has 29 heavy (non-hydrogen) atoms. The van der Waals surface area contributed by atoms with Crippen LogP contribution in [0, 0.1) is 17.0 Å². The highest BCUT2D eigenvalue weighted by atomic mass is 16.6. The highest BCUT2D eigenvalue weighted by molar-refractivity contribution is 6.12. The van der Waals surface area contributed by atoms with Gasteiger partial charge in [0.1, 0.15) is 5.69 Å². The highest BCUT2D eigenvalue weighted by Gasteiger charge is 2.30. The van der Waals surface area contributed by atoms with Gasteiger partial charge in [-0.15, -0.1) is 0 Å². The Balaban J connectivity index is 1.91. The summed E-state index contributed by atoms with van der Waals surface area (Å²) in [4.78, 5) is 36.0. The van der Waals surface area contributed by atoms with E-state index in [1.807, 2.05) is 13.0 Å². The molecule has 0 unspecified atom stereocenters. The van der Waals surface area contributed by atoms with E-state index < -0.39 is 16.7 Å². The number of amides is 2. The predicted molar refractivity (Wildman–Crippen MR) is 105 cm³/mol. The summed E-state index contributed by atoms with van der Waals surface area (Å²) in [6.45, 7) is 3.78. The molecule has 11 heteroatoms. The van der Waals surface area contributed by atoms with Gasteiger partial charge in [-0.25, -0.2) is 0 Å². The molecule has 2 N–H and O–H groups in total. The van der Waals surface area contributed by atoms with Crippen molar-refractivity contribution in [2.24, 2.45) is 7.05 Å². The molecule has 0 saturated heterocycles. The second-order valence-electron chi connectivity index (χ2n) is 6.18. The molecule has 0 spiro atoms. The molecule has 0 aliphatic heterocycles. The monoisotopic (exact) mass is 397 g/mol. The summed E-state index contributed by atoms with van der Waals surface area (Å²) in [5.74, 6) is -1.32. The minimum atomic E-state index is -0.801. The van der Waals surface area contributed by atoms with E-state index in [2.05, 4.69) is 20.8 Å². The second-order valence-corrected chi connectivity index (χ2v) is 6.18. The first-order valence-corrected chi connectivity index (χ1v) is 8.75. The fourth-order valence-corrected chi connectivity index (χ4v) is 2.70. The Kier molecular flexibility index (Phi) is 5.39. The van der Waals surface area contributed by atoms with Crippen molar-refractivity contribution >= 4 is 28.9 Å². The van der Waals surface area contributed by atoms with Gasteiger partial charge in [0.2, 0.25) is 5.69 Å². The largest absolute Gasteiger partial charge is 0.322 e. The van der Waals surface area contributed by atoms with Crippen molar-refractivity contribution in [3.8, 4) is 0 Å². The smallest absolute Gasteiger partial charge is 0.321 e. The zero-order chi connectivity index (χ0) is 21.1. The average Bonchev–Trinajstić information content (AvgIpc) is 3.23. The van der Waals surface area contributed by atoms with E-state index in [0.717, 1.165) is 0 Å². The van der Waals surface area contributed by atoms with E-state index in [-0.39, 0.29) is 28.5 Å². The lowest BCUT2D eigenvalue weighted by atomic mass is 10.2. The predicted octanol–water partition coefficient (Wildman–Crippen LogP) is 2.36. The third kappa shape index (κ3) is 3.98. The summed E-state index contributed by atoms with van der Waals surface area (Å²) >= 11 is 0. The quantitative estimate of drug-likeness (QED) is 0.484. The lowest BCUT2D eigenvalue weighted by molar-refractivity contribution is -0.385. The van der Waals surface area contributed by atoms with Gasteiger partial charge < -0.3 is 10.6 Å². The maximum Gasteiger partial charge on any atom is 0.322 e. The van der Waals surface area contributed by atoms with Gasteiger partial charge in [0, 0.05) is 25.5 Å². The normalized spacial score (nSPS) is 10.6. The molecule has 150 valence electrons. The Morgan fingerprint density at radius 3 is 2.38 bits per heavy atom. The van der Waals surface area contributed by atoms with Crippen molar-refractivity contribution in [2.75, 3.05) is 10.6 Å². The lowest BCUT2D eigenvalue weighted by Gasteiger charge is -2.05. The van der Waals surface area contributed by atoms with Gasteiger partial charge >= 0.3 is 5.69 Å². The fourth-order valence-electron chi connectivity index (χ4n) is 2.70. The van der Waals surface area contributed by atoms with E-state index in [1.165, 1.54) is 29.5 Å². The second kappa shape index (κ2) is 7.92. The zero-order valence-corrected chi connectivity index (χ0v) is 16.0. The minimum absolute atomic E-state index is 0.0145. The Morgan fingerprint density at radius 2 is 1.76 bits per heavy atom. The van der Waals surface area contributed by atoms with Gasteiger partial charge in [-0.1, -0.05) is 18.2 Å². The Morgan fingerprint density at radius 1 is 1.10 bits per heavy atom. The number of carbonyl (C=O) groups is 2. The molecule has 0 aliphatic carbocycles. The van der Waals surface area contributed by atoms with Crippen LogP contribution in [0.25, 0.3) is 0 Å². The van der Waals surface area contributed by atoms with Crippen LogP contribution < -0.4 is 10.6 Å². The molecular weight excluding hydrogens is 378 g/mol. The number of nitrogens with zero attached hydrogens (tertiary/aromatic N) is 5. The van der Waals surface area contributed by atoms with Gasteiger partial charge in [0.25, 0.3) is 11.8 Å². The van der Waals surface area contributed by atoms with Gasteiger partial charge in [-0.3, -0.25) is 29.1 Å². The van der Waals surface area contributed by atoms with Crippen LogP contribution in [0.1, 0.15) is 33.6 Å². The van der Waals surface area contributed by atoms with Gasteiger partial charge in [-0.05, 0) is 26.0 Å². The number of benzene rings is 1. The Labute approximate surface area is 165 Å². The number of hydrogen-bond donors (Lipinski definition) is 2. The molecule has 0 aliphatic rings. The zero-order valence-electron chi connectivity index (χ0n) is 16.0. The molecular formula is C18H19N7O4. The van der Waals surface area contributed by atoms with E-state index in [4.69, 9.17) is 0 Å². The number of nitro groups is 1. The van der Waals surface area contributed by atoms with E-state index in [0.29, 0.717) is 12.2 Å². The van der Waals surface area contributed by atoms with Crippen molar-refractivity contribution in [2.45, 2.75) is 20.4 Å². The van der Waals surface area contributed by atoms with Crippen LogP contribution in [-0.2, 0) is 13.6 Å². The molecule has 2 heterocycles. The fraction of sp³-hybridized carbons (Fsp3) is 0.222. The highest BCUT2D eigenvalue weighted by Crippen LogP contribution is 2.24. The molecule has 1 aromatic carbocycles. The molecule has 0 atom stereocenters. The van der Waals surface area contributed by atoms with Gasteiger partial charge in [0.15, 0.2) is 5.69 Å². The molecule has 0 bridgehead atoms. The lowest BCUT2D eigenvalue weighted by Crippen LogP contribution is -2.19. The summed E-state index contributed by atoms with van der Waals surface area (Å²) in [6, 6.07) is 8.78. The van der Waals surface area contributed by atoms with Crippen LogP contribution >= 0.6 is 0 Å². The van der Waals surface area contributed by atoms with Crippen molar-refractivity contribution in [1.29, 1.82) is 0 Å². The molecule has 0 radical (unpaired) electrons. The Bertz CT molecular complexity index is 1090. The maximum absolute atomic E-state index is 12.7. The molecule has 0 saturated carbocycles. The van der Waals surface area contributed by atoms with E-state index in [9.17, 15) is 19.7 Å². The van der Waals surface area contributed by atoms with Crippen molar-refractivity contribution < 1.29 is 14.5 Å². The van der Waals surface area contributed by atoms with Gasteiger partial charge in [0.05, 0.1) is 10.6 Å². The number of para-hydroxylation sites is 1. The maximum atomic E-state index is 12.7. The summed E-state index contributed by atoms with van der Waals surface area (Å²) in [5.41, 5.74) is 0.197. The standard InChI is InChI=1S/C18H19N7O4/c1-4-24-10-13(14(22-24)17(26)19-12-8-6-5-7-9-12)20-18(27)15-16(25(28)29)11(2)23(3)21-15/h5-10H,4H2,1-3H3,(H,19,26)(H,20,27). The minimum Gasteiger partial charge on any atom is -0.321 e. The Hall–Kier alpha value is -4.02. The van der Waals surface area contributed by atoms with Crippen LogP contribution in [0.4, 0.5) is 17.1 Å². The van der Waals surface area contributed by atoms with Crippen molar-refractivity contribution in [3.63, 3.8) is 0 Å². The van der Waals surface area contributed by atoms with Crippen molar-refractivity contribution in [3.05, 3.63) is 63.7 Å². The van der Waals surface area contributed by atoms with Crippen LogP contribution in [0.2, 0.25) is 0 Å². The number of rotatable bonds is 6. The topological polar surface area (TPSA) is 137 Å². The molecule has 2 aromatic heterocycles. The molecule has 3 rings (SSSR count). The molecule has 2 amide bonds. The number of nitrogens with one attached hydrogen (secondary N) is 2. The number of hydrogen-bond acceptors (Lipinski definition) is 6. The summed E-state index contributed by atoms with van der Waals surface area (Å²) < 4.78 is 2.74. The average molecular weight is 397 g/mol. The first kappa shape index (κ1) is 19.7. The first-order valence-electron chi connectivity index (χ1n) is 8.75. The number of aromatic nitrogens is 4. The third-order valence-electron chi connectivity index (χ3n) is 4.28. The summed E-state index contributed by atoms with van der Waals surface area (Å²) in [5, 5.41) is 24.7. The third-order valence-corrected chi connectivity index (χ3v) is 4.28. The van der Waals surface area contributed by atoms with Crippen LogP contribution in [0.15, 0.2) is 36.5 Å². The number of aryl methyl sites for hydroxylation is 2. The van der Waals surface area contributed by atoms with Crippen LogP contribution in [0.3, 0.4) is 0 Å². The number of anilines is 2. The van der Waals surface area contributed by atoms with Crippen LogP contribution in [-0.4, -0.2) is 36.3 Å². The van der Waals surface area contributed by atoms with Crippen molar-refractivity contribution in [1.82, 2.24) is 19.6 Å². The van der Waals surface area contributed by atoms with E-state index >= 15 is 0 Å². The molecule has 11 nitrogen and oxygen atoms in total. The first-order chi connectivity index (χ1) is 13.8. The summed E-state index contributed by atoms with van der Waals surface area (Å²) in [6.07, 6.45) is 1.49. The van der Waals surface area contributed by atoms with Crippen LogP contribution in [0.5, 0.6) is 0 Å². The molecule has 3 aromatic rings. The number of carbonyl (C=O) groups excluding carboxylic acids is 2. The van der Waals surface area contributed by atoms with Gasteiger partial charge in [-0.2, -0.15) is 10.2 Å². The summed E-state index contributed by atoms with van der Waals surface area (Å²) in [7, 11) is 1.51. The van der Waals surface area contributed by atoms with E-state index in [1.54, 1.807) is 24.3 Å². The SMILES string of the molecule is CCn1cc(NC(=O)c2nn(C)c(C)c2[N+](=O)[O-])c(C(=O)Nc2ccccc2)n1.